The number of benzene rings is 3. The van der Waals surface area contributed by atoms with Crippen molar-refractivity contribution < 1.29 is 75.6 Å². The van der Waals surface area contributed by atoms with Crippen molar-refractivity contribution >= 4 is 51.1 Å². The first-order chi connectivity index (χ1) is 41.5. The molecule has 470 valence electrons. The molecule has 2 heterocycles. The number of nitrogens with zero attached hydrogens (tertiary/aromatic N) is 5. The molecular weight excluding hydrogens is 1120 g/mol. The Labute approximate surface area is 500 Å². The van der Waals surface area contributed by atoms with E-state index < -0.39 is 16.0 Å². The van der Waals surface area contributed by atoms with Gasteiger partial charge in [-0.25, -0.2) is 18.4 Å². The lowest BCUT2D eigenvalue weighted by molar-refractivity contribution is -0.138. The first-order valence-electron chi connectivity index (χ1n) is 29.2. The standard InChI is InChI=1S/C60H88N8O16S/c1-2-17-67(59(72)53-40-52-13-12-51(42-56(52)66-57(62)43-53)50-9-7-11-55(41-50)85(73,74)68-45-49(46-68)47-69)18-5-3-4-15-63-60(65-54-10-6-8-48(39-54)44-61)64-16-20-76-22-24-78-26-28-80-30-32-82-34-36-84-38-37-83-35-33-81-31-29-79-27-25-77-23-21-75-19-14-58(70)71/h6-13,39-42,49,69H,2-5,14-38,43,45-47H2,1H3,(H2,62,66)(H,70,71)(H2,63,64,65). The number of amides is 1. The number of rotatable bonds is 47. The van der Waals surface area contributed by atoms with Crippen LogP contribution in [0.2, 0.25) is 0 Å². The summed E-state index contributed by atoms with van der Waals surface area (Å²) in [6, 6.07) is 21.7. The van der Waals surface area contributed by atoms with Crippen molar-refractivity contribution in [2.24, 2.45) is 21.6 Å². The van der Waals surface area contributed by atoms with Crippen LogP contribution in [0.25, 0.3) is 17.2 Å². The van der Waals surface area contributed by atoms with E-state index in [0.717, 1.165) is 36.8 Å². The van der Waals surface area contributed by atoms with E-state index in [9.17, 15) is 28.4 Å². The molecular formula is C60H88N8O16S. The Hall–Kier alpha value is -5.96. The number of amidine groups is 1. The fourth-order valence-electron chi connectivity index (χ4n) is 8.52. The van der Waals surface area contributed by atoms with E-state index in [1.165, 1.54) is 4.31 Å². The van der Waals surface area contributed by atoms with Gasteiger partial charge in [0, 0.05) is 69.4 Å². The summed E-state index contributed by atoms with van der Waals surface area (Å²) in [5.41, 5.74) is 10.9. The van der Waals surface area contributed by atoms with Crippen molar-refractivity contribution in [1.82, 2.24) is 19.8 Å². The number of carbonyl (C=O) groups is 2. The van der Waals surface area contributed by atoms with E-state index in [1.807, 2.05) is 48.2 Å². The molecule has 3 aromatic rings. The third-order valence-electron chi connectivity index (χ3n) is 13.0. The van der Waals surface area contributed by atoms with Crippen LogP contribution in [0, 0.1) is 17.2 Å². The van der Waals surface area contributed by atoms with Gasteiger partial charge >= 0.3 is 5.97 Å². The van der Waals surface area contributed by atoms with Crippen LogP contribution in [0.4, 0.5) is 11.4 Å². The molecule has 2 aliphatic heterocycles. The maximum absolute atomic E-state index is 14.1. The highest BCUT2D eigenvalue weighted by atomic mass is 32.2. The number of ether oxygens (including phenoxy) is 10. The Balaban J connectivity index is 0.885. The molecule has 25 heteroatoms. The van der Waals surface area contributed by atoms with Crippen LogP contribution in [-0.2, 0) is 67.0 Å². The van der Waals surface area contributed by atoms with Crippen LogP contribution in [0.15, 0.2) is 87.2 Å². The summed E-state index contributed by atoms with van der Waals surface area (Å²) in [6.45, 7) is 13.2. The summed E-state index contributed by atoms with van der Waals surface area (Å²) < 4.78 is 82.9. The fourth-order valence-corrected chi connectivity index (χ4v) is 10.2. The predicted octanol–water partition coefficient (Wildman–Crippen LogP) is 4.53. The summed E-state index contributed by atoms with van der Waals surface area (Å²) >= 11 is 0. The topological polar surface area (TPSA) is 306 Å². The van der Waals surface area contributed by atoms with Crippen molar-refractivity contribution in [3.05, 3.63) is 83.4 Å². The highest BCUT2D eigenvalue weighted by molar-refractivity contribution is 7.89. The van der Waals surface area contributed by atoms with Gasteiger partial charge in [0.2, 0.25) is 15.9 Å². The van der Waals surface area contributed by atoms with Gasteiger partial charge in [-0.1, -0.05) is 37.3 Å². The smallest absolute Gasteiger partial charge is 0.305 e. The maximum Gasteiger partial charge on any atom is 0.305 e. The zero-order valence-corrected chi connectivity index (χ0v) is 50.0. The number of sulfonamides is 1. The number of nitriles is 1. The normalized spacial score (nSPS) is 13.8. The van der Waals surface area contributed by atoms with Gasteiger partial charge in [-0.2, -0.15) is 9.57 Å². The van der Waals surface area contributed by atoms with Gasteiger partial charge < -0.3 is 78.8 Å². The third-order valence-corrected chi connectivity index (χ3v) is 14.8. The summed E-state index contributed by atoms with van der Waals surface area (Å²) in [5, 5.41) is 34.1. The van der Waals surface area contributed by atoms with Gasteiger partial charge in [-0.05, 0) is 79.3 Å². The molecule has 0 bridgehead atoms. The van der Waals surface area contributed by atoms with E-state index in [-0.39, 0.29) is 42.8 Å². The molecule has 1 fully saturated rings. The van der Waals surface area contributed by atoms with Crippen LogP contribution in [0.3, 0.4) is 0 Å². The SMILES string of the molecule is CCCN(CCCCCN/C(=N\c1cccc(C#N)c1)NCCOCCOCCOCCOCCOCCOCCOCCOCCOCCOCCC(=O)O)C(=O)C1=Cc2ccc(-c3cccc(S(=O)(=O)N4CC(CO)C4)c3)cc2N=C(N)C1. The molecule has 0 radical (unpaired) electrons. The Morgan fingerprint density at radius 1 is 0.694 bits per heavy atom. The molecule has 0 atom stereocenters. The number of carbonyl (C=O) groups excluding carboxylic acids is 1. The van der Waals surface area contributed by atoms with Gasteiger partial charge in [0.05, 0.1) is 166 Å². The molecule has 6 N–H and O–H groups in total. The highest BCUT2D eigenvalue weighted by Crippen LogP contribution is 2.34. The number of carboxylic acids is 1. The Kier molecular flexibility index (Phi) is 34.5. The first-order valence-corrected chi connectivity index (χ1v) is 30.7. The number of hydrogen-bond donors (Lipinski definition) is 5. The molecule has 85 heavy (non-hydrogen) atoms. The Morgan fingerprint density at radius 3 is 1.79 bits per heavy atom. The molecule has 24 nitrogen and oxygen atoms in total. The van der Waals surface area contributed by atoms with Crippen LogP contribution in [-0.4, -0.2) is 230 Å². The molecule has 1 saturated heterocycles. The number of fused-ring (bicyclic) bond motifs is 1. The zero-order chi connectivity index (χ0) is 60.6. The molecule has 0 spiro atoms. The summed E-state index contributed by atoms with van der Waals surface area (Å²) in [4.78, 5) is 36.0. The van der Waals surface area contributed by atoms with Gasteiger partial charge in [0.15, 0.2) is 5.96 Å². The van der Waals surface area contributed by atoms with Crippen molar-refractivity contribution in [2.75, 3.05) is 178 Å². The molecule has 0 aliphatic carbocycles. The van der Waals surface area contributed by atoms with E-state index in [1.54, 1.807) is 36.4 Å². The van der Waals surface area contributed by atoms with Crippen LogP contribution < -0.4 is 16.4 Å². The summed E-state index contributed by atoms with van der Waals surface area (Å²) in [5.74, 6) is -0.153. The van der Waals surface area contributed by atoms with Gasteiger partial charge in [0.25, 0.3) is 0 Å². The monoisotopic (exact) mass is 1210 g/mol. The Bertz CT molecular complexity index is 2670. The van der Waals surface area contributed by atoms with E-state index in [0.29, 0.717) is 205 Å². The van der Waals surface area contributed by atoms with Crippen LogP contribution >= 0.6 is 0 Å². The lowest BCUT2D eigenvalue weighted by atomic mass is 10.0. The number of hydrogen-bond acceptors (Lipinski definition) is 19. The van der Waals surface area contributed by atoms with Gasteiger partial charge in [0.1, 0.15) is 5.84 Å². The number of aliphatic carboxylic acids is 1. The van der Waals surface area contributed by atoms with Crippen LogP contribution in [0.5, 0.6) is 0 Å². The van der Waals surface area contributed by atoms with Crippen molar-refractivity contribution in [3.8, 4) is 17.2 Å². The highest BCUT2D eigenvalue weighted by Gasteiger charge is 2.36. The average molecular weight is 1210 g/mol. The minimum Gasteiger partial charge on any atom is -0.481 e. The largest absolute Gasteiger partial charge is 0.481 e. The second-order valence-corrected chi connectivity index (χ2v) is 21.7. The predicted molar refractivity (Wildman–Crippen MR) is 321 cm³/mol. The molecule has 3 aromatic carbocycles. The minimum absolute atomic E-state index is 0.0184. The van der Waals surface area contributed by atoms with E-state index >= 15 is 0 Å². The number of aliphatic hydroxyl groups excluding tert-OH is 1. The molecule has 2 aliphatic rings. The molecule has 5 rings (SSSR count). The molecule has 0 aromatic heterocycles. The van der Waals surface area contributed by atoms with Gasteiger partial charge in [-0.3, -0.25) is 9.59 Å². The quantitative estimate of drug-likeness (QED) is 0.0295. The third kappa shape index (κ3) is 28.0. The Morgan fingerprint density at radius 2 is 1.24 bits per heavy atom. The number of unbranched alkanes of at least 4 members (excludes halogenated alkanes) is 2. The van der Waals surface area contributed by atoms with Crippen molar-refractivity contribution in [1.29, 1.82) is 5.26 Å². The second-order valence-electron chi connectivity index (χ2n) is 19.7. The molecule has 0 saturated carbocycles. The van der Waals surface area contributed by atoms with Crippen LogP contribution in [0.1, 0.15) is 56.6 Å². The first kappa shape index (κ1) is 69.8. The number of guanidine groups is 1. The second kappa shape index (κ2) is 42.0. The summed E-state index contributed by atoms with van der Waals surface area (Å²) in [7, 11) is -3.70. The van der Waals surface area contributed by atoms with Gasteiger partial charge in [-0.15, -0.1) is 0 Å². The maximum atomic E-state index is 14.1. The number of nitrogens with one attached hydrogen (secondary N) is 2. The fraction of sp³-hybridized carbons (Fsp3) is 0.583. The number of aliphatic hydroxyl groups is 1. The lowest BCUT2D eigenvalue weighted by Gasteiger charge is -2.36. The number of carboxylic acid groups (broad SMARTS) is 1. The summed E-state index contributed by atoms with van der Waals surface area (Å²) in [6.07, 6.45) is 5.27. The average Bonchev–Trinajstić information content (AvgIpc) is 2.69. The van der Waals surface area contributed by atoms with E-state index in [2.05, 4.69) is 21.7 Å². The number of nitrogens with two attached hydrogens (primary N) is 1. The zero-order valence-electron chi connectivity index (χ0n) is 49.2. The molecule has 0 unspecified atom stereocenters. The lowest BCUT2D eigenvalue weighted by Crippen LogP contribution is -2.51. The van der Waals surface area contributed by atoms with E-state index in [4.69, 9.17) is 63.2 Å². The van der Waals surface area contributed by atoms with Crippen molar-refractivity contribution in [2.45, 2.75) is 50.3 Å². The van der Waals surface area contributed by atoms with Crippen molar-refractivity contribution in [3.63, 3.8) is 0 Å². The number of aliphatic imine (C=N–C) groups is 2. The molecule has 1 amide bonds. The minimum atomic E-state index is -3.70.